The SMILES string of the molecule is CN(Cc1cccc(Cl)c1Cl)C(=O)CC(N)C(C)(C)C. The summed E-state index contributed by atoms with van der Waals surface area (Å²) < 4.78 is 0. The molecule has 0 aromatic heterocycles. The lowest BCUT2D eigenvalue weighted by molar-refractivity contribution is -0.131. The van der Waals surface area contributed by atoms with Crippen molar-refractivity contribution in [2.45, 2.75) is 39.8 Å². The molecule has 0 saturated carbocycles. The fourth-order valence-electron chi connectivity index (χ4n) is 1.66. The van der Waals surface area contributed by atoms with Gasteiger partial charge in [-0.05, 0) is 17.0 Å². The zero-order valence-corrected chi connectivity index (χ0v) is 13.9. The second kappa shape index (κ2) is 6.79. The summed E-state index contributed by atoms with van der Waals surface area (Å²) in [4.78, 5) is 13.8. The van der Waals surface area contributed by atoms with Crippen molar-refractivity contribution in [3.05, 3.63) is 33.8 Å². The quantitative estimate of drug-likeness (QED) is 0.920. The Morgan fingerprint density at radius 3 is 2.50 bits per heavy atom. The second-order valence-corrected chi connectivity index (χ2v) is 6.92. The highest BCUT2D eigenvalue weighted by molar-refractivity contribution is 6.42. The lowest BCUT2D eigenvalue weighted by atomic mass is 9.85. The van der Waals surface area contributed by atoms with Gasteiger partial charge >= 0.3 is 0 Å². The van der Waals surface area contributed by atoms with E-state index in [9.17, 15) is 4.79 Å². The molecule has 0 aliphatic heterocycles. The van der Waals surface area contributed by atoms with Gasteiger partial charge in [-0.3, -0.25) is 4.79 Å². The van der Waals surface area contributed by atoms with Gasteiger partial charge in [-0.1, -0.05) is 56.1 Å². The normalized spacial score (nSPS) is 13.2. The van der Waals surface area contributed by atoms with Crippen LogP contribution in [-0.2, 0) is 11.3 Å². The first-order chi connectivity index (χ1) is 9.12. The minimum atomic E-state index is -0.174. The minimum absolute atomic E-state index is 0.00321. The number of halogens is 2. The molecular formula is C15H22Cl2N2O. The van der Waals surface area contributed by atoms with Crippen LogP contribution in [-0.4, -0.2) is 23.9 Å². The summed E-state index contributed by atoms with van der Waals surface area (Å²) >= 11 is 12.1. The summed E-state index contributed by atoms with van der Waals surface area (Å²) in [5.74, 6) is 0.00321. The third kappa shape index (κ3) is 4.65. The van der Waals surface area contributed by atoms with Gasteiger partial charge in [-0.15, -0.1) is 0 Å². The Hall–Kier alpha value is -0.770. The first-order valence-electron chi connectivity index (χ1n) is 6.55. The Bertz CT molecular complexity index is 483. The number of carbonyl (C=O) groups excluding carboxylic acids is 1. The van der Waals surface area contributed by atoms with Crippen molar-refractivity contribution < 1.29 is 4.79 Å². The van der Waals surface area contributed by atoms with Crippen molar-refractivity contribution in [2.24, 2.45) is 11.1 Å². The summed E-state index contributed by atoms with van der Waals surface area (Å²) in [5.41, 5.74) is 6.78. The predicted molar refractivity (Wildman–Crippen MR) is 85.0 cm³/mol. The monoisotopic (exact) mass is 316 g/mol. The van der Waals surface area contributed by atoms with Crippen LogP contribution in [0.4, 0.5) is 0 Å². The predicted octanol–water partition coefficient (Wildman–Crippen LogP) is 3.72. The van der Waals surface area contributed by atoms with Gasteiger partial charge in [-0.25, -0.2) is 0 Å². The van der Waals surface area contributed by atoms with E-state index in [1.807, 2.05) is 32.9 Å². The molecule has 0 fully saturated rings. The third-order valence-corrected chi connectivity index (χ3v) is 4.23. The molecule has 0 spiro atoms. The van der Waals surface area contributed by atoms with Crippen LogP contribution in [0.3, 0.4) is 0 Å². The van der Waals surface area contributed by atoms with E-state index >= 15 is 0 Å². The molecule has 0 radical (unpaired) electrons. The molecule has 0 aliphatic carbocycles. The van der Waals surface area contributed by atoms with Crippen LogP contribution in [0.2, 0.25) is 10.0 Å². The molecule has 112 valence electrons. The molecule has 1 aromatic carbocycles. The molecule has 1 rings (SSSR count). The van der Waals surface area contributed by atoms with E-state index in [-0.39, 0.29) is 17.4 Å². The van der Waals surface area contributed by atoms with E-state index in [1.54, 1.807) is 18.0 Å². The first kappa shape index (κ1) is 17.3. The second-order valence-electron chi connectivity index (χ2n) is 6.14. The summed E-state index contributed by atoms with van der Waals surface area (Å²) in [5, 5.41) is 0.991. The van der Waals surface area contributed by atoms with Gasteiger partial charge in [-0.2, -0.15) is 0 Å². The molecule has 0 bridgehead atoms. The van der Waals surface area contributed by atoms with Crippen molar-refractivity contribution in [1.29, 1.82) is 0 Å². The van der Waals surface area contributed by atoms with Crippen LogP contribution < -0.4 is 5.73 Å². The number of hydrogen-bond acceptors (Lipinski definition) is 2. The smallest absolute Gasteiger partial charge is 0.224 e. The van der Waals surface area contributed by atoms with Crippen LogP contribution in [0.5, 0.6) is 0 Å². The molecule has 2 N–H and O–H groups in total. The highest BCUT2D eigenvalue weighted by Crippen LogP contribution is 2.26. The lowest BCUT2D eigenvalue weighted by Crippen LogP contribution is -2.40. The Morgan fingerprint density at radius 1 is 1.35 bits per heavy atom. The number of nitrogens with two attached hydrogens (primary N) is 1. The lowest BCUT2D eigenvalue weighted by Gasteiger charge is -2.28. The van der Waals surface area contributed by atoms with E-state index in [4.69, 9.17) is 28.9 Å². The van der Waals surface area contributed by atoms with Gasteiger partial charge in [0.15, 0.2) is 0 Å². The van der Waals surface area contributed by atoms with Crippen molar-refractivity contribution in [1.82, 2.24) is 4.90 Å². The van der Waals surface area contributed by atoms with E-state index in [0.717, 1.165) is 5.56 Å². The number of carbonyl (C=O) groups is 1. The molecule has 0 heterocycles. The van der Waals surface area contributed by atoms with Crippen molar-refractivity contribution in [3.63, 3.8) is 0 Å². The van der Waals surface area contributed by atoms with E-state index in [0.29, 0.717) is 23.0 Å². The van der Waals surface area contributed by atoms with E-state index < -0.39 is 0 Å². The fraction of sp³-hybridized carbons (Fsp3) is 0.533. The molecule has 20 heavy (non-hydrogen) atoms. The van der Waals surface area contributed by atoms with E-state index in [1.165, 1.54) is 0 Å². The standard InChI is InChI=1S/C15H22Cl2N2O/c1-15(2,3)12(18)8-13(20)19(4)9-10-6-5-7-11(16)14(10)17/h5-7,12H,8-9,18H2,1-4H3. The Kier molecular flexibility index (Phi) is 5.87. The highest BCUT2D eigenvalue weighted by atomic mass is 35.5. The minimum Gasteiger partial charge on any atom is -0.341 e. The van der Waals surface area contributed by atoms with Crippen LogP contribution in [0, 0.1) is 5.41 Å². The number of nitrogens with zero attached hydrogens (tertiary/aromatic N) is 1. The zero-order chi connectivity index (χ0) is 15.5. The third-order valence-electron chi connectivity index (χ3n) is 3.37. The molecule has 5 heteroatoms. The number of amides is 1. The van der Waals surface area contributed by atoms with Gasteiger partial charge in [0.1, 0.15) is 0 Å². The molecule has 1 amide bonds. The molecule has 3 nitrogen and oxygen atoms in total. The summed E-state index contributed by atoms with van der Waals surface area (Å²) in [6.07, 6.45) is 0.318. The molecule has 1 aromatic rings. The molecular weight excluding hydrogens is 295 g/mol. The maximum atomic E-state index is 12.2. The van der Waals surface area contributed by atoms with Crippen LogP contribution in [0.25, 0.3) is 0 Å². The van der Waals surface area contributed by atoms with Crippen LogP contribution in [0.1, 0.15) is 32.8 Å². The van der Waals surface area contributed by atoms with Crippen molar-refractivity contribution in [3.8, 4) is 0 Å². The fourth-order valence-corrected chi connectivity index (χ4v) is 2.04. The largest absolute Gasteiger partial charge is 0.341 e. The van der Waals surface area contributed by atoms with Gasteiger partial charge < -0.3 is 10.6 Å². The maximum Gasteiger partial charge on any atom is 0.224 e. The molecule has 1 atom stereocenters. The van der Waals surface area contributed by atoms with Crippen LogP contribution >= 0.6 is 23.2 Å². The van der Waals surface area contributed by atoms with Gasteiger partial charge in [0, 0.05) is 26.1 Å². The van der Waals surface area contributed by atoms with Gasteiger partial charge in [0.2, 0.25) is 5.91 Å². The topological polar surface area (TPSA) is 46.3 Å². The average Bonchev–Trinajstić information content (AvgIpc) is 2.33. The summed E-state index contributed by atoms with van der Waals surface area (Å²) in [6, 6.07) is 5.24. The molecule has 1 unspecified atom stereocenters. The molecule has 0 saturated heterocycles. The van der Waals surface area contributed by atoms with Crippen LogP contribution in [0.15, 0.2) is 18.2 Å². The maximum absolute atomic E-state index is 12.2. The number of rotatable bonds is 4. The van der Waals surface area contributed by atoms with Crippen molar-refractivity contribution in [2.75, 3.05) is 7.05 Å². The Morgan fingerprint density at radius 2 is 1.95 bits per heavy atom. The highest BCUT2D eigenvalue weighted by Gasteiger charge is 2.24. The first-order valence-corrected chi connectivity index (χ1v) is 7.31. The Labute approximate surface area is 131 Å². The summed E-state index contributed by atoms with van der Waals surface area (Å²) in [6.45, 7) is 6.51. The van der Waals surface area contributed by atoms with E-state index in [2.05, 4.69) is 0 Å². The number of benzene rings is 1. The Balaban J connectivity index is 2.69. The molecule has 0 aliphatic rings. The van der Waals surface area contributed by atoms with Gasteiger partial charge in [0.05, 0.1) is 10.0 Å². The number of hydrogen-bond donors (Lipinski definition) is 1. The average molecular weight is 317 g/mol. The van der Waals surface area contributed by atoms with Crippen molar-refractivity contribution >= 4 is 29.1 Å². The summed E-state index contributed by atoms with van der Waals surface area (Å²) in [7, 11) is 1.74. The zero-order valence-electron chi connectivity index (χ0n) is 12.4. The van der Waals surface area contributed by atoms with Gasteiger partial charge in [0.25, 0.3) is 0 Å².